The molecular formula is C19H13ClN2O2S. The number of fused-ring (bicyclic) bond motifs is 1. The van der Waals surface area contributed by atoms with Gasteiger partial charge in [0.2, 0.25) is 5.12 Å². The Morgan fingerprint density at radius 1 is 1.08 bits per heavy atom. The lowest BCUT2D eigenvalue weighted by Crippen LogP contribution is -2.10. The topological polar surface area (TPSA) is 51.1 Å². The zero-order chi connectivity index (χ0) is 17.4. The van der Waals surface area contributed by atoms with Gasteiger partial charge in [-0.15, -0.1) is 0 Å². The highest BCUT2D eigenvalue weighted by Crippen LogP contribution is 2.26. The van der Waals surface area contributed by atoms with Crippen molar-refractivity contribution in [3.63, 3.8) is 0 Å². The minimum atomic E-state index is -0.330. The molecule has 1 saturated heterocycles. The molecule has 1 aliphatic heterocycles. The van der Waals surface area contributed by atoms with E-state index in [4.69, 9.17) is 11.6 Å². The maximum atomic E-state index is 11.8. The Kier molecular flexibility index (Phi) is 4.11. The van der Waals surface area contributed by atoms with Crippen molar-refractivity contribution in [2.75, 3.05) is 0 Å². The van der Waals surface area contributed by atoms with Crippen LogP contribution < -0.4 is 5.32 Å². The normalized spacial score (nSPS) is 16.0. The van der Waals surface area contributed by atoms with Gasteiger partial charge in [0.25, 0.3) is 5.24 Å². The fourth-order valence-electron chi connectivity index (χ4n) is 2.87. The van der Waals surface area contributed by atoms with E-state index in [-0.39, 0.29) is 10.4 Å². The molecule has 0 saturated carbocycles. The van der Waals surface area contributed by atoms with Crippen LogP contribution in [0.5, 0.6) is 0 Å². The van der Waals surface area contributed by atoms with E-state index >= 15 is 0 Å². The lowest BCUT2D eigenvalue weighted by Gasteiger charge is -2.07. The Hall–Kier alpha value is -2.50. The third-order valence-electron chi connectivity index (χ3n) is 4.06. The molecule has 6 heteroatoms. The second-order valence-electron chi connectivity index (χ2n) is 5.71. The van der Waals surface area contributed by atoms with Crippen LogP contribution in [0.15, 0.2) is 60.4 Å². The molecule has 0 aliphatic carbocycles. The van der Waals surface area contributed by atoms with Crippen molar-refractivity contribution in [3.8, 4) is 0 Å². The highest BCUT2D eigenvalue weighted by molar-refractivity contribution is 8.27. The summed E-state index contributed by atoms with van der Waals surface area (Å²) in [5.41, 5.74) is 3.44. The second-order valence-corrected chi connectivity index (χ2v) is 7.09. The van der Waals surface area contributed by atoms with E-state index in [9.17, 15) is 9.59 Å². The average Bonchev–Trinajstić information content (AvgIpc) is 3.14. The lowest BCUT2D eigenvalue weighted by atomic mass is 10.1. The monoisotopic (exact) mass is 368 g/mol. The molecule has 0 unspecified atom stereocenters. The predicted molar refractivity (Wildman–Crippen MR) is 102 cm³/mol. The maximum absolute atomic E-state index is 11.8. The largest absolute Gasteiger partial charge is 0.343 e. The van der Waals surface area contributed by atoms with Crippen LogP contribution >= 0.6 is 23.4 Å². The molecule has 2 heterocycles. The van der Waals surface area contributed by atoms with Crippen LogP contribution in [-0.4, -0.2) is 14.9 Å². The van der Waals surface area contributed by atoms with Gasteiger partial charge in [-0.2, -0.15) is 0 Å². The quantitative estimate of drug-likeness (QED) is 0.683. The van der Waals surface area contributed by atoms with E-state index < -0.39 is 0 Å². The van der Waals surface area contributed by atoms with Gasteiger partial charge in [-0.1, -0.05) is 35.9 Å². The third-order valence-corrected chi connectivity index (χ3v) is 5.00. The maximum Gasteiger partial charge on any atom is 0.291 e. The summed E-state index contributed by atoms with van der Waals surface area (Å²) >= 11 is 6.63. The zero-order valence-corrected chi connectivity index (χ0v) is 14.6. The summed E-state index contributed by atoms with van der Waals surface area (Å²) in [6, 6.07) is 15.7. The summed E-state index contributed by atoms with van der Waals surface area (Å²) in [6.07, 6.45) is 3.75. The second kappa shape index (κ2) is 6.43. The van der Waals surface area contributed by atoms with Gasteiger partial charge in [-0.3, -0.25) is 9.59 Å². The zero-order valence-electron chi connectivity index (χ0n) is 13.0. The van der Waals surface area contributed by atoms with E-state index in [0.29, 0.717) is 17.5 Å². The number of rotatable bonds is 3. The average molecular weight is 369 g/mol. The van der Waals surface area contributed by atoms with Crippen molar-refractivity contribution in [2.24, 2.45) is 0 Å². The Morgan fingerprint density at radius 3 is 2.60 bits per heavy atom. The lowest BCUT2D eigenvalue weighted by molar-refractivity contribution is -0.107. The number of nitrogens with one attached hydrogen (secondary N) is 1. The number of halogens is 1. The van der Waals surface area contributed by atoms with Gasteiger partial charge in [0, 0.05) is 40.4 Å². The van der Waals surface area contributed by atoms with Crippen LogP contribution in [0.3, 0.4) is 0 Å². The molecular weight excluding hydrogens is 356 g/mol. The van der Waals surface area contributed by atoms with E-state index in [1.807, 2.05) is 54.7 Å². The summed E-state index contributed by atoms with van der Waals surface area (Å²) in [5, 5.41) is 3.76. The van der Waals surface area contributed by atoms with E-state index in [2.05, 4.69) is 9.88 Å². The van der Waals surface area contributed by atoms with Gasteiger partial charge >= 0.3 is 0 Å². The molecule has 124 valence electrons. The van der Waals surface area contributed by atoms with Crippen LogP contribution in [0.2, 0.25) is 5.02 Å². The molecule has 0 bridgehead atoms. The molecule has 3 aromatic rings. The van der Waals surface area contributed by atoms with Crippen LogP contribution in [-0.2, 0) is 11.3 Å². The number of hydrogen-bond donors (Lipinski definition) is 1. The Bertz CT molecular complexity index is 1020. The number of thioether (sulfide) groups is 1. The Labute approximate surface area is 153 Å². The number of nitrogens with zero attached hydrogens (tertiary/aromatic N) is 1. The highest BCUT2D eigenvalue weighted by Gasteiger charge is 2.25. The molecule has 1 N–H and O–H groups in total. The molecule has 25 heavy (non-hydrogen) atoms. The summed E-state index contributed by atoms with van der Waals surface area (Å²) in [5.74, 6) is 0. The number of carbonyl (C=O) groups is 2. The molecule has 4 nitrogen and oxygen atoms in total. The molecule has 1 aromatic heterocycles. The van der Waals surface area contributed by atoms with Crippen molar-refractivity contribution in [2.45, 2.75) is 6.54 Å². The fraction of sp³-hybridized carbons (Fsp3) is 0.0526. The molecule has 1 aliphatic rings. The number of carbonyl (C=O) groups excluding carboxylic acids is 2. The van der Waals surface area contributed by atoms with Crippen molar-refractivity contribution in [3.05, 3.63) is 76.6 Å². The van der Waals surface area contributed by atoms with E-state index in [1.165, 1.54) is 0 Å². The van der Waals surface area contributed by atoms with Gasteiger partial charge in [0.1, 0.15) is 0 Å². The molecule has 0 spiro atoms. The number of aromatic nitrogens is 1. The summed E-state index contributed by atoms with van der Waals surface area (Å²) in [6.45, 7) is 0.728. The first kappa shape index (κ1) is 16.0. The van der Waals surface area contributed by atoms with Gasteiger partial charge in [0.15, 0.2) is 0 Å². The SMILES string of the molecule is O=C1NC(=Cc2cccc3c2ccn3Cc2ccc(Cl)cc2)C(=O)S1. The minimum Gasteiger partial charge on any atom is -0.343 e. The highest BCUT2D eigenvalue weighted by atomic mass is 35.5. The molecule has 4 rings (SSSR count). The predicted octanol–water partition coefficient (Wildman–Crippen LogP) is 4.67. The fourth-order valence-corrected chi connectivity index (χ4v) is 3.55. The standard InChI is InChI=1S/C19H13ClN2O2S/c20-14-6-4-12(5-7-14)11-22-9-8-15-13(2-1-3-17(15)22)10-16-18(23)25-19(24)21-16/h1-10H,11H2,(H,21,24). The summed E-state index contributed by atoms with van der Waals surface area (Å²) in [7, 11) is 0. The van der Waals surface area contributed by atoms with Crippen LogP contribution in [0.1, 0.15) is 11.1 Å². The first-order valence-corrected chi connectivity index (χ1v) is 8.87. The van der Waals surface area contributed by atoms with Crippen LogP contribution in [0.4, 0.5) is 4.79 Å². The smallest absolute Gasteiger partial charge is 0.291 e. The van der Waals surface area contributed by atoms with Gasteiger partial charge < -0.3 is 9.88 Å². The minimum absolute atomic E-state index is 0.248. The van der Waals surface area contributed by atoms with Crippen LogP contribution in [0.25, 0.3) is 17.0 Å². The number of benzene rings is 2. The van der Waals surface area contributed by atoms with E-state index in [0.717, 1.165) is 33.6 Å². The first-order valence-electron chi connectivity index (χ1n) is 7.67. The van der Waals surface area contributed by atoms with Crippen molar-refractivity contribution < 1.29 is 9.59 Å². The third kappa shape index (κ3) is 3.21. The van der Waals surface area contributed by atoms with Crippen molar-refractivity contribution in [1.82, 2.24) is 9.88 Å². The molecule has 0 radical (unpaired) electrons. The molecule has 1 fully saturated rings. The van der Waals surface area contributed by atoms with Gasteiger partial charge in [-0.25, -0.2) is 0 Å². The number of hydrogen-bond acceptors (Lipinski definition) is 3. The summed E-state index contributed by atoms with van der Waals surface area (Å²) < 4.78 is 2.14. The molecule has 1 amide bonds. The molecule has 0 atom stereocenters. The first-order chi connectivity index (χ1) is 12.1. The number of amides is 1. The van der Waals surface area contributed by atoms with Gasteiger partial charge in [-0.05, 0) is 41.5 Å². The molecule has 2 aromatic carbocycles. The van der Waals surface area contributed by atoms with E-state index in [1.54, 1.807) is 6.08 Å². The summed E-state index contributed by atoms with van der Waals surface area (Å²) in [4.78, 5) is 23.1. The van der Waals surface area contributed by atoms with Crippen molar-refractivity contribution >= 4 is 50.7 Å². The van der Waals surface area contributed by atoms with Gasteiger partial charge in [0.05, 0.1) is 5.70 Å². The van der Waals surface area contributed by atoms with Crippen LogP contribution in [0, 0.1) is 0 Å². The van der Waals surface area contributed by atoms with Crippen molar-refractivity contribution in [1.29, 1.82) is 0 Å². The Morgan fingerprint density at radius 2 is 1.88 bits per heavy atom. The Balaban J connectivity index is 1.71.